The van der Waals surface area contributed by atoms with Crippen LogP contribution >= 0.6 is 0 Å². The number of aryl methyl sites for hydroxylation is 1. The fourth-order valence-electron chi connectivity index (χ4n) is 2.98. The maximum atomic E-state index is 5.89. The van der Waals surface area contributed by atoms with Crippen LogP contribution in [0.1, 0.15) is 12.8 Å². The van der Waals surface area contributed by atoms with Crippen LogP contribution in [0.5, 0.6) is 5.75 Å². The average Bonchev–Trinajstić information content (AvgIpc) is 3.00. The standard InChI is InChI=1S/C18H26N4O/c1-21-9-6-17(7-10-21)19-8-11-23-18-5-3-4-15(12-18)16-13-20-22(2)14-16/h3-5,12-14,17,19H,6-11H2,1-2H3. The first-order chi connectivity index (χ1) is 11.2. The summed E-state index contributed by atoms with van der Waals surface area (Å²) in [6, 6.07) is 8.83. The molecule has 1 aliphatic heterocycles. The molecule has 2 aromatic rings. The molecule has 1 saturated heterocycles. The van der Waals surface area contributed by atoms with Crippen LogP contribution < -0.4 is 10.1 Å². The van der Waals surface area contributed by atoms with Crippen LogP contribution in [0, 0.1) is 0 Å². The van der Waals surface area contributed by atoms with E-state index in [1.54, 1.807) is 0 Å². The lowest BCUT2D eigenvalue weighted by Crippen LogP contribution is -2.42. The fourth-order valence-corrected chi connectivity index (χ4v) is 2.98. The number of hydrogen-bond acceptors (Lipinski definition) is 4. The summed E-state index contributed by atoms with van der Waals surface area (Å²) in [5.41, 5.74) is 2.25. The molecular weight excluding hydrogens is 288 g/mol. The van der Waals surface area contributed by atoms with Gasteiger partial charge in [0.25, 0.3) is 0 Å². The second kappa shape index (κ2) is 7.62. The van der Waals surface area contributed by atoms with Gasteiger partial charge in [-0.05, 0) is 50.7 Å². The third-order valence-electron chi connectivity index (χ3n) is 4.39. The summed E-state index contributed by atoms with van der Waals surface area (Å²) in [5, 5.41) is 7.81. The number of aromatic nitrogens is 2. The zero-order chi connectivity index (χ0) is 16.1. The van der Waals surface area contributed by atoms with Crippen LogP contribution in [0.3, 0.4) is 0 Å². The quantitative estimate of drug-likeness (QED) is 0.830. The third-order valence-corrected chi connectivity index (χ3v) is 4.39. The maximum Gasteiger partial charge on any atom is 0.119 e. The lowest BCUT2D eigenvalue weighted by molar-refractivity contribution is 0.225. The molecule has 5 nitrogen and oxygen atoms in total. The summed E-state index contributed by atoms with van der Waals surface area (Å²) >= 11 is 0. The van der Waals surface area contributed by atoms with Crippen molar-refractivity contribution in [3.05, 3.63) is 36.7 Å². The molecule has 0 unspecified atom stereocenters. The minimum atomic E-state index is 0.636. The highest BCUT2D eigenvalue weighted by molar-refractivity contribution is 5.63. The molecule has 1 N–H and O–H groups in total. The Kier molecular flexibility index (Phi) is 5.31. The van der Waals surface area contributed by atoms with Crippen molar-refractivity contribution in [2.45, 2.75) is 18.9 Å². The van der Waals surface area contributed by atoms with E-state index in [1.165, 1.54) is 25.9 Å². The van der Waals surface area contributed by atoms with Crippen molar-refractivity contribution in [2.75, 3.05) is 33.3 Å². The van der Waals surface area contributed by atoms with Gasteiger partial charge in [0.2, 0.25) is 0 Å². The van der Waals surface area contributed by atoms with Gasteiger partial charge in [0.1, 0.15) is 12.4 Å². The lowest BCUT2D eigenvalue weighted by atomic mass is 10.1. The Morgan fingerprint density at radius 1 is 1.22 bits per heavy atom. The van der Waals surface area contributed by atoms with E-state index in [-0.39, 0.29) is 0 Å². The first kappa shape index (κ1) is 16.0. The van der Waals surface area contributed by atoms with Gasteiger partial charge in [-0.15, -0.1) is 0 Å². The molecule has 2 heterocycles. The zero-order valence-corrected chi connectivity index (χ0v) is 14.0. The molecule has 23 heavy (non-hydrogen) atoms. The molecule has 124 valence electrons. The summed E-state index contributed by atoms with van der Waals surface area (Å²) in [6.45, 7) is 3.96. The van der Waals surface area contributed by atoms with Gasteiger partial charge in [-0.3, -0.25) is 4.68 Å². The van der Waals surface area contributed by atoms with Crippen LogP contribution in [0.4, 0.5) is 0 Å². The number of benzene rings is 1. The molecule has 1 aromatic carbocycles. The monoisotopic (exact) mass is 314 g/mol. The summed E-state index contributed by atoms with van der Waals surface area (Å²) < 4.78 is 7.70. The van der Waals surface area contributed by atoms with Crippen LogP contribution in [-0.4, -0.2) is 54.0 Å². The highest BCUT2D eigenvalue weighted by atomic mass is 16.5. The van der Waals surface area contributed by atoms with Gasteiger partial charge >= 0.3 is 0 Å². The Hall–Kier alpha value is -1.85. The first-order valence-electron chi connectivity index (χ1n) is 8.34. The van der Waals surface area contributed by atoms with Crippen molar-refractivity contribution in [1.29, 1.82) is 0 Å². The van der Waals surface area contributed by atoms with Crippen molar-refractivity contribution in [1.82, 2.24) is 20.0 Å². The number of ether oxygens (including phenoxy) is 1. The van der Waals surface area contributed by atoms with Gasteiger partial charge in [0, 0.05) is 31.4 Å². The van der Waals surface area contributed by atoms with Crippen LogP contribution in [0.25, 0.3) is 11.1 Å². The SMILES string of the molecule is CN1CCC(NCCOc2cccc(-c3cnn(C)c3)c2)CC1. The molecular formula is C18H26N4O. The van der Waals surface area contributed by atoms with Gasteiger partial charge in [-0.25, -0.2) is 0 Å². The van der Waals surface area contributed by atoms with Gasteiger partial charge in [-0.2, -0.15) is 5.10 Å². The molecule has 0 radical (unpaired) electrons. The van der Waals surface area contributed by atoms with Crippen molar-refractivity contribution in [2.24, 2.45) is 7.05 Å². The number of nitrogens with zero attached hydrogens (tertiary/aromatic N) is 3. The molecule has 3 rings (SSSR count). The molecule has 1 fully saturated rings. The predicted octanol–water partition coefficient (Wildman–Crippen LogP) is 2.15. The lowest BCUT2D eigenvalue weighted by Gasteiger charge is -2.29. The van der Waals surface area contributed by atoms with Gasteiger partial charge < -0.3 is 15.0 Å². The van der Waals surface area contributed by atoms with Crippen molar-refractivity contribution < 1.29 is 4.74 Å². The Balaban J connectivity index is 1.45. The Morgan fingerprint density at radius 2 is 2.04 bits per heavy atom. The molecule has 0 bridgehead atoms. The highest BCUT2D eigenvalue weighted by Crippen LogP contribution is 2.23. The number of rotatable bonds is 6. The second-order valence-corrected chi connectivity index (χ2v) is 6.31. The number of likely N-dealkylation sites (tertiary alicyclic amines) is 1. The molecule has 0 spiro atoms. The van der Waals surface area contributed by atoms with E-state index in [0.717, 1.165) is 23.4 Å². The second-order valence-electron chi connectivity index (χ2n) is 6.31. The number of hydrogen-bond donors (Lipinski definition) is 1. The van der Waals surface area contributed by atoms with E-state index >= 15 is 0 Å². The van der Waals surface area contributed by atoms with Crippen LogP contribution in [-0.2, 0) is 7.05 Å². The predicted molar refractivity (Wildman–Crippen MR) is 92.7 cm³/mol. The Morgan fingerprint density at radius 3 is 2.78 bits per heavy atom. The van der Waals surface area contributed by atoms with Gasteiger partial charge in [-0.1, -0.05) is 12.1 Å². The maximum absolute atomic E-state index is 5.89. The fraction of sp³-hybridized carbons (Fsp3) is 0.500. The van der Waals surface area contributed by atoms with E-state index in [4.69, 9.17) is 4.74 Å². The van der Waals surface area contributed by atoms with Gasteiger partial charge in [0.05, 0.1) is 6.20 Å². The average molecular weight is 314 g/mol. The van der Waals surface area contributed by atoms with Crippen molar-refractivity contribution >= 4 is 0 Å². The molecule has 0 saturated carbocycles. The molecule has 0 amide bonds. The highest BCUT2D eigenvalue weighted by Gasteiger charge is 2.15. The minimum absolute atomic E-state index is 0.636. The smallest absolute Gasteiger partial charge is 0.119 e. The van der Waals surface area contributed by atoms with Crippen LogP contribution in [0.15, 0.2) is 36.7 Å². The number of piperidine rings is 1. The van der Waals surface area contributed by atoms with E-state index in [1.807, 2.05) is 36.3 Å². The summed E-state index contributed by atoms with van der Waals surface area (Å²) in [5.74, 6) is 0.913. The zero-order valence-electron chi connectivity index (χ0n) is 14.0. The molecule has 5 heteroatoms. The van der Waals surface area contributed by atoms with E-state index in [2.05, 4.69) is 34.5 Å². The largest absolute Gasteiger partial charge is 0.492 e. The molecule has 0 atom stereocenters. The normalized spacial score (nSPS) is 16.6. The number of nitrogens with one attached hydrogen (secondary N) is 1. The Bertz CT molecular complexity index is 617. The van der Waals surface area contributed by atoms with Crippen LogP contribution in [0.2, 0.25) is 0 Å². The summed E-state index contributed by atoms with van der Waals surface area (Å²) in [4.78, 5) is 2.39. The topological polar surface area (TPSA) is 42.3 Å². The molecule has 1 aliphatic rings. The molecule has 0 aliphatic carbocycles. The third kappa shape index (κ3) is 4.56. The van der Waals surface area contributed by atoms with E-state index in [0.29, 0.717) is 12.6 Å². The van der Waals surface area contributed by atoms with E-state index in [9.17, 15) is 0 Å². The van der Waals surface area contributed by atoms with Gasteiger partial charge in [0.15, 0.2) is 0 Å². The first-order valence-corrected chi connectivity index (χ1v) is 8.34. The van der Waals surface area contributed by atoms with Crippen molar-refractivity contribution in [3.63, 3.8) is 0 Å². The minimum Gasteiger partial charge on any atom is -0.492 e. The Labute approximate surface area is 138 Å². The summed E-state index contributed by atoms with van der Waals surface area (Å²) in [6.07, 6.45) is 6.35. The molecule has 1 aromatic heterocycles. The summed E-state index contributed by atoms with van der Waals surface area (Å²) in [7, 11) is 4.12. The van der Waals surface area contributed by atoms with Crippen molar-refractivity contribution in [3.8, 4) is 16.9 Å². The van der Waals surface area contributed by atoms with E-state index < -0.39 is 0 Å².